The molecule has 0 aliphatic heterocycles. The van der Waals surface area contributed by atoms with Gasteiger partial charge in [-0.25, -0.2) is 0 Å². The zero-order valence-corrected chi connectivity index (χ0v) is 20.6. The van der Waals surface area contributed by atoms with Crippen molar-refractivity contribution in [1.29, 1.82) is 0 Å². The van der Waals surface area contributed by atoms with Crippen molar-refractivity contribution in [1.82, 2.24) is 0 Å². The number of benzene rings is 4. The summed E-state index contributed by atoms with van der Waals surface area (Å²) >= 11 is 0. The molecule has 0 heterocycles. The number of aryl methyl sites for hydroxylation is 8. The number of hydrogen-bond donors (Lipinski definition) is 1. The first-order valence-electron chi connectivity index (χ1n) is 12.8. The Morgan fingerprint density at radius 3 is 1.56 bits per heavy atom. The second-order valence-corrected chi connectivity index (χ2v) is 9.87. The maximum atomic E-state index is 10.9. The molecule has 4 aliphatic carbocycles. The summed E-state index contributed by atoms with van der Waals surface area (Å²) in [6.07, 6.45) is 8.02. The van der Waals surface area contributed by atoms with Gasteiger partial charge in [-0.05, 0) is 108 Å². The standard InChI is InChI=1S/C32H32N2O2/c33-31-17-7-23(8-18-31)1-15-29-21-25-3-11-27(29)12-4-26-6-14-28(13-5-25)30(22-26)16-2-24-9-19-32(20-10-24)34(35)36/h3,6-11,14,17-22H,1-2,4-5,12-13,15-16,33H2. The van der Waals surface area contributed by atoms with Crippen LogP contribution in [0.25, 0.3) is 0 Å². The van der Waals surface area contributed by atoms with Crippen molar-refractivity contribution < 1.29 is 4.92 Å². The highest BCUT2D eigenvalue weighted by Gasteiger charge is 2.12. The summed E-state index contributed by atoms with van der Waals surface area (Å²) in [5.41, 5.74) is 17.8. The van der Waals surface area contributed by atoms with Gasteiger partial charge >= 0.3 is 0 Å². The van der Waals surface area contributed by atoms with E-state index in [9.17, 15) is 10.1 Å². The Kier molecular flexibility index (Phi) is 7.13. The lowest BCUT2D eigenvalue weighted by atomic mass is 9.88. The van der Waals surface area contributed by atoms with Gasteiger partial charge in [0.25, 0.3) is 5.69 Å². The van der Waals surface area contributed by atoms with Gasteiger partial charge < -0.3 is 5.73 Å². The molecule has 0 amide bonds. The van der Waals surface area contributed by atoms with E-state index in [1.54, 1.807) is 12.1 Å². The van der Waals surface area contributed by atoms with Crippen LogP contribution in [0.15, 0.2) is 84.9 Å². The van der Waals surface area contributed by atoms with E-state index in [0.29, 0.717) is 0 Å². The third-order valence-corrected chi connectivity index (χ3v) is 7.40. The molecule has 2 N–H and O–H groups in total. The van der Waals surface area contributed by atoms with Crippen molar-refractivity contribution in [3.05, 3.63) is 140 Å². The van der Waals surface area contributed by atoms with Crippen LogP contribution in [0.5, 0.6) is 0 Å². The smallest absolute Gasteiger partial charge is 0.269 e. The molecule has 4 heteroatoms. The number of anilines is 1. The molecule has 4 bridgehead atoms. The molecule has 0 atom stereocenters. The second-order valence-electron chi connectivity index (χ2n) is 9.87. The van der Waals surface area contributed by atoms with E-state index >= 15 is 0 Å². The number of nitrogens with two attached hydrogens (primary N) is 1. The minimum atomic E-state index is -0.342. The zero-order chi connectivity index (χ0) is 24.9. The van der Waals surface area contributed by atoms with Crippen molar-refractivity contribution in [2.45, 2.75) is 51.4 Å². The van der Waals surface area contributed by atoms with Crippen LogP contribution < -0.4 is 5.73 Å². The first kappa shape index (κ1) is 23.8. The van der Waals surface area contributed by atoms with Crippen molar-refractivity contribution in [3.8, 4) is 0 Å². The normalized spacial score (nSPS) is 12.8. The summed E-state index contributed by atoms with van der Waals surface area (Å²) in [5, 5.41) is 10.9. The average molecular weight is 477 g/mol. The summed E-state index contributed by atoms with van der Waals surface area (Å²) in [4.78, 5) is 10.6. The van der Waals surface area contributed by atoms with Crippen LogP contribution >= 0.6 is 0 Å². The van der Waals surface area contributed by atoms with Crippen LogP contribution in [0.2, 0.25) is 0 Å². The summed E-state index contributed by atoms with van der Waals surface area (Å²) < 4.78 is 0. The first-order valence-corrected chi connectivity index (χ1v) is 12.8. The average Bonchev–Trinajstić information content (AvgIpc) is 2.89. The third-order valence-electron chi connectivity index (χ3n) is 7.40. The Balaban J connectivity index is 1.30. The second kappa shape index (κ2) is 10.8. The Hall–Kier alpha value is -3.92. The topological polar surface area (TPSA) is 69.2 Å². The molecule has 0 aromatic heterocycles. The van der Waals surface area contributed by atoms with Gasteiger partial charge in [0.1, 0.15) is 0 Å². The molecule has 0 spiro atoms. The summed E-state index contributed by atoms with van der Waals surface area (Å²) in [6.45, 7) is 0. The molecule has 0 saturated carbocycles. The molecular formula is C32H32N2O2. The van der Waals surface area contributed by atoms with Gasteiger partial charge in [-0.3, -0.25) is 10.1 Å². The molecule has 0 radical (unpaired) electrons. The minimum Gasteiger partial charge on any atom is -0.399 e. The van der Waals surface area contributed by atoms with Gasteiger partial charge in [-0.15, -0.1) is 0 Å². The van der Waals surface area contributed by atoms with Crippen LogP contribution in [-0.4, -0.2) is 4.92 Å². The van der Waals surface area contributed by atoms with E-state index in [1.165, 1.54) is 38.9 Å². The molecule has 4 nitrogen and oxygen atoms in total. The molecule has 8 rings (SSSR count). The fraction of sp³-hybridized carbons (Fsp3) is 0.250. The van der Waals surface area contributed by atoms with E-state index < -0.39 is 0 Å². The molecule has 0 unspecified atom stereocenters. The predicted octanol–water partition coefficient (Wildman–Crippen LogP) is 6.63. The fourth-order valence-electron chi connectivity index (χ4n) is 5.21. The van der Waals surface area contributed by atoms with Gasteiger partial charge in [0.2, 0.25) is 0 Å². The molecule has 182 valence electrons. The number of nitrogens with zero attached hydrogens (tertiary/aromatic N) is 1. The maximum Gasteiger partial charge on any atom is 0.269 e. The summed E-state index contributed by atoms with van der Waals surface area (Å²) in [5.74, 6) is 0. The maximum absolute atomic E-state index is 10.9. The Morgan fingerprint density at radius 2 is 1.08 bits per heavy atom. The quantitative estimate of drug-likeness (QED) is 0.185. The highest BCUT2D eigenvalue weighted by atomic mass is 16.6. The number of nitro groups is 1. The SMILES string of the molecule is Nc1ccc(CCc2cc3ccc2CCc2ccc(c(CCc4ccc([N+](=O)[O-])cc4)c2)CC3)cc1. The summed E-state index contributed by atoms with van der Waals surface area (Å²) in [6, 6.07) is 29.3. The predicted molar refractivity (Wildman–Crippen MR) is 146 cm³/mol. The lowest BCUT2D eigenvalue weighted by Gasteiger charge is -2.17. The number of non-ortho nitro benzene ring substituents is 1. The Morgan fingerprint density at radius 1 is 0.611 bits per heavy atom. The van der Waals surface area contributed by atoms with Crippen molar-refractivity contribution >= 4 is 11.4 Å². The fourth-order valence-corrected chi connectivity index (χ4v) is 5.21. The van der Waals surface area contributed by atoms with E-state index in [0.717, 1.165) is 62.6 Å². The van der Waals surface area contributed by atoms with Crippen LogP contribution in [0.1, 0.15) is 44.5 Å². The van der Waals surface area contributed by atoms with Crippen LogP contribution in [0, 0.1) is 10.1 Å². The van der Waals surface area contributed by atoms with Gasteiger partial charge in [0.05, 0.1) is 4.92 Å². The number of rotatable bonds is 7. The Bertz CT molecular complexity index is 1360. The molecule has 4 aromatic carbocycles. The van der Waals surface area contributed by atoms with Gasteiger partial charge in [0, 0.05) is 17.8 Å². The molecule has 0 saturated heterocycles. The van der Waals surface area contributed by atoms with Crippen LogP contribution in [0.3, 0.4) is 0 Å². The number of hydrogen-bond acceptors (Lipinski definition) is 3. The molecular weight excluding hydrogens is 444 g/mol. The molecule has 0 fully saturated rings. The van der Waals surface area contributed by atoms with E-state index in [-0.39, 0.29) is 10.6 Å². The zero-order valence-electron chi connectivity index (χ0n) is 20.6. The largest absolute Gasteiger partial charge is 0.399 e. The lowest BCUT2D eigenvalue weighted by Crippen LogP contribution is -2.06. The molecule has 4 aromatic rings. The van der Waals surface area contributed by atoms with E-state index in [1.807, 2.05) is 24.3 Å². The van der Waals surface area contributed by atoms with Gasteiger partial charge in [0.15, 0.2) is 0 Å². The molecule has 4 aliphatic rings. The number of nitro benzene ring substituents is 1. The third kappa shape index (κ3) is 5.83. The van der Waals surface area contributed by atoms with Crippen LogP contribution in [0.4, 0.5) is 11.4 Å². The van der Waals surface area contributed by atoms with Gasteiger partial charge in [-0.2, -0.15) is 0 Å². The Labute approximate surface area is 213 Å². The van der Waals surface area contributed by atoms with E-state index in [2.05, 4.69) is 48.5 Å². The minimum absolute atomic E-state index is 0.148. The monoisotopic (exact) mass is 476 g/mol. The summed E-state index contributed by atoms with van der Waals surface area (Å²) in [7, 11) is 0. The highest BCUT2D eigenvalue weighted by molar-refractivity contribution is 5.41. The first-order chi connectivity index (χ1) is 17.5. The highest BCUT2D eigenvalue weighted by Crippen LogP contribution is 2.24. The molecule has 36 heavy (non-hydrogen) atoms. The lowest BCUT2D eigenvalue weighted by molar-refractivity contribution is -0.384. The van der Waals surface area contributed by atoms with Gasteiger partial charge in [-0.1, -0.05) is 60.7 Å². The van der Waals surface area contributed by atoms with Crippen molar-refractivity contribution in [2.24, 2.45) is 0 Å². The van der Waals surface area contributed by atoms with E-state index in [4.69, 9.17) is 5.73 Å². The van der Waals surface area contributed by atoms with Crippen LogP contribution in [-0.2, 0) is 51.4 Å². The number of nitrogen functional groups attached to an aromatic ring is 1. The van der Waals surface area contributed by atoms with Crippen molar-refractivity contribution in [2.75, 3.05) is 5.73 Å². The van der Waals surface area contributed by atoms with Crippen molar-refractivity contribution in [3.63, 3.8) is 0 Å².